The van der Waals surface area contributed by atoms with Gasteiger partial charge in [0, 0.05) is 29.6 Å². The lowest BCUT2D eigenvalue weighted by Crippen LogP contribution is -2.34. The van der Waals surface area contributed by atoms with Crippen LogP contribution in [0.2, 0.25) is 0 Å². The monoisotopic (exact) mass is 346 g/mol. The molecule has 130 valence electrons. The van der Waals surface area contributed by atoms with E-state index in [0.717, 1.165) is 11.6 Å². The molecule has 0 radical (unpaired) electrons. The molecule has 5 nitrogen and oxygen atoms in total. The molecule has 2 bridgehead atoms. The van der Waals surface area contributed by atoms with Crippen LogP contribution in [0.5, 0.6) is 0 Å². The van der Waals surface area contributed by atoms with Crippen LogP contribution in [-0.2, 0) is 4.79 Å². The average Bonchev–Trinajstić information content (AvgIpc) is 3.20. The van der Waals surface area contributed by atoms with Crippen LogP contribution < -0.4 is 5.43 Å². The van der Waals surface area contributed by atoms with Crippen molar-refractivity contribution < 1.29 is 4.79 Å². The van der Waals surface area contributed by atoms with E-state index in [0.29, 0.717) is 23.1 Å². The van der Waals surface area contributed by atoms with Crippen LogP contribution in [-0.4, -0.2) is 26.9 Å². The van der Waals surface area contributed by atoms with E-state index in [2.05, 4.69) is 40.8 Å². The molecular weight excluding hydrogens is 320 g/mol. The number of carbonyl (C=O) groups excluding carboxylic acids is 1. The van der Waals surface area contributed by atoms with Gasteiger partial charge in [-0.1, -0.05) is 32.5 Å². The topological polar surface area (TPSA) is 59.3 Å². The summed E-state index contributed by atoms with van der Waals surface area (Å²) in [6.07, 6.45) is 9.78. The molecular formula is C18H26N4OS. The van der Waals surface area contributed by atoms with E-state index in [4.69, 9.17) is 0 Å². The molecule has 0 aliphatic heterocycles. The molecule has 3 saturated carbocycles. The highest BCUT2D eigenvalue weighted by molar-refractivity contribution is 7.99. The third-order valence-electron chi connectivity index (χ3n) is 6.73. The highest BCUT2D eigenvalue weighted by Gasteiger charge is 2.60. The van der Waals surface area contributed by atoms with Gasteiger partial charge < -0.3 is 4.57 Å². The Bertz CT molecular complexity index is 691. The highest BCUT2D eigenvalue weighted by Crippen LogP contribution is 2.63. The molecule has 3 aliphatic carbocycles. The quantitative estimate of drug-likeness (QED) is 0.654. The Morgan fingerprint density at radius 2 is 2.21 bits per heavy atom. The van der Waals surface area contributed by atoms with Gasteiger partial charge in [0.1, 0.15) is 0 Å². The fourth-order valence-corrected chi connectivity index (χ4v) is 5.25. The number of imidazole rings is 1. The van der Waals surface area contributed by atoms with Crippen LogP contribution in [0, 0.1) is 16.7 Å². The summed E-state index contributed by atoms with van der Waals surface area (Å²) in [5, 5.41) is 5.46. The van der Waals surface area contributed by atoms with E-state index in [1.54, 1.807) is 0 Å². The molecule has 1 aromatic rings. The van der Waals surface area contributed by atoms with Gasteiger partial charge in [0.15, 0.2) is 5.16 Å². The highest BCUT2D eigenvalue weighted by atomic mass is 32.2. The Kier molecular flexibility index (Phi) is 3.79. The normalized spacial score (nSPS) is 32.5. The summed E-state index contributed by atoms with van der Waals surface area (Å²) in [6.45, 7) is 7.01. The first-order valence-electron chi connectivity index (χ1n) is 8.93. The summed E-state index contributed by atoms with van der Waals surface area (Å²) in [7, 11) is 0. The van der Waals surface area contributed by atoms with Crippen molar-refractivity contribution in [2.75, 3.05) is 5.75 Å². The standard InChI is InChI=1S/C18H26N4OS/c1-17(2)12-6-7-18(17,3)14(10-12)20-21-15(23)11-24-16-19-8-9-22(16)13-4-5-13/h8-9,12-13H,4-7,10-11H2,1-3H3,(H,21,23). The molecule has 3 aliphatic rings. The predicted octanol–water partition coefficient (Wildman–Crippen LogP) is 3.63. The van der Waals surface area contributed by atoms with Crippen molar-refractivity contribution in [1.29, 1.82) is 0 Å². The number of carbonyl (C=O) groups is 1. The van der Waals surface area contributed by atoms with Gasteiger partial charge in [-0.25, -0.2) is 10.4 Å². The van der Waals surface area contributed by atoms with E-state index in [9.17, 15) is 4.79 Å². The first-order valence-corrected chi connectivity index (χ1v) is 9.92. The van der Waals surface area contributed by atoms with E-state index >= 15 is 0 Å². The molecule has 24 heavy (non-hydrogen) atoms. The first-order chi connectivity index (χ1) is 11.4. The second-order valence-electron chi connectivity index (χ2n) is 8.22. The Labute approximate surface area is 147 Å². The Morgan fingerprint density at radius 3 is 2.83 bits per heavy atom. The Hall–Kier alpha value is -1.30. The van der Waals surface area contributed by atoms with E-state index in [-0.39, 0.29) is 11.3 Å². The van der Waals surface area contributed by atoms with E-state index in [1.807, 2.05) is 12.4 Å². The van der Waals surface area contributed by atoms with Crippen molar-refractivity contribution in [3.8, 4) is 0 Å². The summed E-state index contributed by atoms with van der Waals surface area (Å²) < 4.78 is 2.18. The van der Waals surface area contributed by atoms with Gasteiger partial charge in [-0.3, -0.25) is 4.79 Å². The van der Waals surface area contributed by atoms with Crippen LogP contribution in [0.15, 0.2) is 22.7 Å². The second kappa shape index (κ2) is 5.61. The minimum atomic E-state index is -0.0398. The summed E-state index contributed by atoms with van der Waals surface area (Å²) in [6, 6.07) is 0.592. The number of amides is 1. The number of hydrazone groups is 1. The molecule has 0 saturated heterocycles. The maximum atomic E-state index is 12.2. The zero-order chi connectivity index (χ0) is 16.9. The van der Waals surface area contributed by atoms with Gasteiger partial charge in [-0.15, -0.1) is 0 Å². The third kappa shape index (κ3) is 2.50. The first kappa shape index (κ1) is 16.2. The lowest BCUT2D eigenvalue weighted by molar-refractivity contribution is -0.118. The largest absolute Gasteiger partial charge is 0.323 e. The molecule has 1 amide bonds. The van der Waals surface area contributed by atoms with Crippen molar-refractivity contribution in [3.63, 3.8) is 0 Å². The zero-order valence-electron chi connectivity index (χ0n) is 14.7. The van der Waals surface area contributed by atoms with Gasteiger partial charge in [0.2, 0.25) is 0 Å². The molecule has 0 aromatic carbocycles. The fourth-order valence-electron chi connectivity index (χ4n) is 4.43. The number of hydrogen-bond acceptors (Lipinski definition) is 4. The summed E-state index contributed by atoms with van der Waals surface area (Å²) >= 11 is 1.50. The summed E-state index contributed by atoms with van der Waals surface area (Å²) in [5.41, 5.74) is 4.40. The molecule has 3 fully saturated rings. The summed E-state index contributed by atoms with van der Waals surface area (Å²) in [5.74, 6) is 1.03. The Balaban J connectivity index is 1.35. The molecule has 2 unspecified atom stereocenters. The Morgan fingerprint density at radius 1 is 1.42 bits per heavy atom. The van der Waals surface area contributed by atoms with Crippen molar-refractivity contribution in [2.24, 2.45) is 21.8 Å². The number of aromatic nitrogens is 2. The van der Waals surface area contributed by atoms with Crippen molar-refractivity contribution in [3.05, 3.63) is 12.4 Å². The van der Waals surface area contributed by atoms with Crippen molar-refractivity contribution >= 4 is 23.4 Å². The number of thioether (sulfide) groups is 1. The number of rotatable bonds is 5. The van der Waals surface area contributed by atoms with Crippen LogP contribution in [0.25, 0.3) is 0 Å². The van der Waals surface area contributed by atoms with Gasteiger partial charge in [-0.05, 0) is 43.4 Å². The smallest absolute Gasteiger partial charge is 0.250 e. The van der Waals surface area contributed by atoms with Gasteiger partial charge >= 0.3 is 0 Å². The van der Waals surface area contributed by atoms with Gasteiger partial charge in [-0.2, -0.15) is 5.10 Å². The third-order valence-corrected chi connectivity index (χ3v) is 7.71. The minimum Gasteiger partial charge on any atom is -0.323 e. The predicted molar refractivity (Wildman–Crippen MR) is 96.0 cm³/mol. The lowest BCUT2D eigenvalue weighted by Gasteiger charge is -2.34. The number of nitrogens with zero attached hydrogens (tertiary/aromatic N) is 3. The van der Waals surface area contributed by atoms with Crippen LogP contribution in [0.1, 0.15) is 58.9 Å². The van der Waals surface area contributed by atoms with E-state index in [1.165, 1.54) is 43.2 Å². The molecule has 4 rings (SSSR count). The van der Waals surface area contributed by atoms with Gasteiger partial charge in [0.05, 0.1) is 5.75 Å². The lowest BCUT2D eigenvalue weighted by atomic mass is 9.70. The van der Waals surface area contributed by atoms with E-state index < -0.39 is 0 Å². The number of nitrogens with one attached hydrogen (secondary N) is 1. The average molecular weight is 347 g/mol. The second-order valence-corrected chi connectivity index (χ2v) is 9.17. The van der Waals surface area contributed by atoms with Gasteiger partial charge in [0.25, 0.3) is 5.91 Å². The number of hydrogen-bond donors (Lipinski definition) is 1. The molecule has 1 N–H and O–H groups in total. The zero-order valence-corrected chi connectivity index (χ0v) is 15.5. The molecule has 6 heteroatoms. The minimum absolute atomic E-state index is 0.0398. The van der Waals surface area contributed by atoms with Crippen LogP contribution >= 0.6 is 11.8 Å². The van der Waals surface area contributed by atoms with Crippen molar-refractivity contribution in [1.82, 2.24) is 15.0 Å². The molecule has 1 heterocycles. The van der Waals surface area contributed by atoms with Crippen LogP contribution in [0.3, 0.4) is 0 Å². The molecule has 1 aromatic heterocycles. The maximum absolute atomic E-state index is 12.2. The fraction of sp³-hybridized carbons (Fsp3) is 0.722. The molecule has 0 spiro atoms. The SMILES string of the molecule is CC12CCC(CC1=NNC(=O)CSc1nccn1C1CC1)C2(C)C. The number of fused-ring (bicyclic) bond motifs is 2. The molecule has 2 atom stereocenters. The van der Waals surface area contributed by atoms with Crippen LogP contribution in [0.4, 0.5) is 0 Å². The maximum Gasteiger partial charge on any atom is 0.250 e. The summed E-state index contributed by atoms with van der Waals surface area (Å²) in [4.78, 5) is 16.5. The van der Waals surface area contributed by atoms with Crippen molar-refractivity contribution in [2.45, 2.75) is 64.1 Å².